The van der Waals surface area contributed by atoms with Crippen molar-refractivity contribution in [2.45, 2.75) is 0 Å². The first-order valence-corrected chi connectivity index (χ1v) is 10.0. The molecule has 6 nitrogen and oxygen atoms in total. The van der Waals surface area contributed by atoms with Crippen LogP contribution in [0.4, 0.5) is 0 Å². The highest BCUT2D eigenvalue weighted by molar-refractivity contribution is 6.36. The Morgan fingerprint density at radius 1 is 0.871 bits per heavy atom. The van der Waals surface area contributed by atoms with Gasteiger partial charge < -0.3 is 9.47 Å². The van der Waals surface area contributed by atoms with Crippen molar-refractivity contribution in [3.63, 3.8) is 0 Å². The Bertz CT molecular complexity index is 1100. The van der Waals surface area contributed by atoms with Gasteiger partial charge in [0.2, 0.25) is 0 Å². The van der Waals surface area contributed by atoms with Gasteiger partial charge in [-0.05, 0) is 72.3 Å². The van der Waals surface area contributed by atoms with Gasteiger partial charge in [0.15, 0.2) is 6.61 Å². The lowest BCUT2D eigenvalue weighted by Crippen LogP contribution is -2.24. The summed E-state index contributed by atoms with van der Waals surface area (Å²) in [7, 11) is 0. The summed E-state index contributed by atoms with van der Waals surface area (Å²) >= 11 is 17.6. The van der Waals surface area contributed by atoms with E-state index in [2.05, 4.69) is 10.5 Å². The van der Waals surface area contributed by atoms with E-state index in [0.717, 1.165) is 0 Å². The first kappa shape index (κ1) is 22.6. The summed E-state index contributed by atoms with van der Waals surface area (Å²) in [5, 5.41) is 5.07. The summed E-state index contributed by atoms with van der Waals surface area (Å²) in [5.41, 5.74) is 3.25. The Labute approximate surface area is 193 Å². The first-order valence-electron chi connectivity index (χ1n) is 8.88. The lowest BCUT2D eigenvalue weighted by molar-refractivity contribution is -0.123. The molecule has 9 heteroatoms. The largest absolute Gasteiger partial charge is 0.484 e. The topological polar surface area (TPSA) is 77.0 Å². The highest BCUT2D eigenvalue weighted by atomic mass is 35.5. The van der Waals surface area contributed by atoms with Crippen LogP contribution in [-0.2, 0) is 4.79 Å². The zero-order valence-electron chi connectivity index (χ0n) is 15.8. The number of hydrogen-bond acceptors (Lipinski definition) is 5. The van der Waals surface area contributed by atoms with E-state index in [9.17, 15) is 9.59 Å². The van der Waals surface area contributed by atoms with Gasteiger partial charge >= 0.3 is 5.97 Å². The standard InChI is InChI=1S/C22H15Cl3N2O4/c23-15-3-8-17(9-4-15)30-13-21(28)27-26-12-14-1-6-18(7-2-14)31-22(29)19-10-5-16(24)11-20(19)25/h1-12H,13H2,(H,27,28)/b26-12-. The number of carbonyl (C=O) groups is 2. The number of benzene rings is 3. The third kappa shape index (κ3) is 7.00. The van der Waals surface area contributed by atoms with Crippen molar-refractivity contribution in [1.82, 2.24) is 5.43 Å². The van der Waals surface area contributed by atoms with Gasteiger partial charge in [-0.1, -0.05) is 34.8 Å². The molecule has 158 valence electrons. The van der Waals surface area contributed by atoms with Gasteiger partial charge in [0, 0.05) is 10.0 Å². The van der Waals surface area contributed by atoms with Crippen LogP contribution in [0.5, 0.6) is 11.5 Å². The molecule has 1 amide bonds. The molecule has 0 saturated heterocycles. The molecule has 0 aliphatic heterocycles. The first-order chi connectivity index (χ1) is 14.9. The van der Waals surface area contributed by atoms with E-state index in [4.69, 9.17) is 44.3 Å². The number of carbonyl (C=O) groups excluding carboxylic acids is 2. The Morgan fingerprint density at radius 3 is 2.19 bits per heavy atom. The molecule has 1 N–H and O–H groups in total. The van der Waals surface area contributed by atoms with Gasteiger partial charge in [-0.15, -0.1) is 0 Å². The Morgan fingerprint density at radius 2 is 1.52 bits per heavy atom. The molecule has 0 atom stereocenters. The van der Waals surface area contributed by atoms with Crippen LogP contribution in [-0.4, -0.2) is 24.7 Å². The monoisotopic (exact) mass is 476 g/mol. The molecule has 0 aliphatic carbocycles. The number of nitrogens with zero attached hydrogens (tertiary/aromatic N) is 1. The fraction of sp³-hybridized carbons (Fsp3) is 0.0455. The molecule has 0 spiro atoms. The molecular formula is C22H15Cl3N2O4. The molecule has 0 aromatic heterocycles. The SMILES string of the molecule is O=C(COc1ccc(Cl)cc1)N/N=C\c1ccc(OC(=O)c2ccc(Cl)cc2Cl)cc1. The Balaban J connectivity index is 1.48. The number of amides is 1. The van der Waals surface area contributed by atoms with Crippen LogP contribution in [0.15, 0.2) is 71.8 Å². The van der Waals surface area contributed by atoms with Crippen molar-refractivity contribution in [2.24, 2.45) is 5.10 Å². The highest BCUT2D eigenvalue weighted by Gasteiger charge is 2.13. The van der Waals surface area contributed by atoms with E-state index in [1.807, 2.05) is 0 Å². The lowest BCUT2D eigenvalue weighted by Gasteiger charge is -2.06. The maximum atomic E-state index is 12.2. The molecule has 0 bridgehead atoms. The number of esters is 1. The summed E-state index contributed by atoms with van der Waals surface area (Å²) in [6, 6.07) is 17.7. The van der Waals surface area contributed by atoms with Crippen molar-refractivity contribution in [3.8, 4) is 11.5 Å². The van der Waals surface area contributed by atoms with E-state index in [0.29, 0.717) is 27.1 Å². The molecule has 0 unspecified atom stereocenters. The summed E-state index contributed by atoms with van der Waals surface area (Å²) in [4.78, 5) is 24.0. The minimum atomic E-state index is -0.601. The molecule has 0 fully saturated rings. The van der Waals surface area contributed by atoms with Gasteiger partial charge in [-0.3, -0.25) is 4.79 Å². The maximum absolute atomic E-state index is 12.2. The average Bonchev–Trinajstić information content (AvgIpc) is 2.74. The number of hydrazone groups is 1. The van der Waals surface area contributed by atoms with Crippen molar-refractivity contribution in [2.75, 3.05) is 6.61 Å². The van der Waals surface area contributed by atoms with Crippen LogP contribution < -0.4 is 14.9 Å². The number of hydrogen-bond donors (Lipinski definition) is 1. The molecule has 3 rings (SSSR count). The van der Waals surface area contributed by atoms with Crippen molar-refractivity contribution >= 4 is 52.9 Å². The van der Waals surface area contributed by atoms with Crippen LogP contribution in [0.2, 0.25) is 15.1 Å². The van der Waals surface area contributed by atoms with Gasteiger partial charge in [-0.25, -0.2) is 10.2 Å². The predicted octanol–water partition coefficient (Wildman–Crippen LogP) is 5.40. The van der Waals surface area contributed by atoms with Crippen molar-refractivity contribution < 1.29 is 19.1 Å². The van der Waals surface area contributed by atoms with Crippen LogP contribution in [0.25, 0.3) is 0 Å². The van der Waals surface area contributed by atoms with Gasteiger partial charge in [0.1, 0.15) is 11.5 Å². The van der Waals surface area contributed by atoms with Gasteiger partial charge in [0.25, 0.3) is 5.91 Å². The maximum Gasteiger partial charge on any atom is 0.345 e. The van der Waals surface area contributed by atoms with E-state index < -0.39 is 11.9 Å². The molecule has 0 radical (unpaired) electrons. The fourth-order valence-electron chi connectivity index (χ4n) is 2.33. The molecule has 3 aromatic rings. The van der Waals surface area contributed by atoms with Crippen LogP contribution in [0.1, 0.15) is 15.9 Å². The third-order valence-electron chi connectivity index (χ3n) is 3.83. The summed E-state index contributed by atoms with van der Waals surface area (Å²) in [5.74, 6) is -0.172. The second-order valence-electron chi connectivity index (χ2n) is 6.12. The molecule has 31 heavy (non-hydrogen) atoms. The lowest BCUT2D eigenvalue weighted by atomic mass is 10.2. The van der Waals surface area contributed by atoms with E-state index in [-0.39, 0.29) is 17.2 Å². The number of ether oxygens (including phenoxy) is 2. The normalized spacial score (nSPS) is 10.7. The number of halogens is 3. The summed E-state index contributed by atoms with van der Waals surface area (Å²) < 4.78 is 10.6. The molecular weight excluding hydrogens is 463 g/mol. The second-order valence-corrected chi connectivity index (χ2v) is 7.40. The van der Waals surface area contributed by atoms with E-state index in [1.165, 1.54) is 18.3 Å². The zero-order valence-corrected chi connectivity index (χ0v) is 18.1. The number of rotatable bonds is 7. The van der Waals surface area contributed by atoms with Crippen LogP contribution in [0.3, 0.4) is 0 Å². The highest BCUT2D eigenvalue weighted by Crippen LogP contribution is 2.23. The molecule has 0 aliphatic rings. The van der Waals surface area contributed by atoms with Crippen molar-refractivity contribution in [3.05, 3.63) is 92.9 Å². The summed E-state index contributed by atoms with van der Waals surface area (Å²) in [6.45, 7) is -0.193. The van der Waals surface area contributed by atoms with Crippen LogP contribution in [0, 0.1) is 0 Å². The van der Waals surface area contributed by atoms with E-state index >= 15 is 0 Å². The summed E-state index contributed by atoms with van der Waals surface area (Å²) in [6.07, 6.45) is 1.45. The van der Waals surface area contributed by atoms with E-state index in [1.54, 1.807) is 54.6 Å². The zero-order chi connectivity index (χ0) is 22.2. The average molecular weight is 478 g/mol. The van der Waals surface area contributed by atoms with Gasteiger partial charge in [-0.2, -0.15) is 5.10 Å². The number of nitrogens with one attached hydrogen (secondary N) is 1. The van der Waals surface area contributed by atoms with Gasteiger partial charge in [0.05, 0.1) is 16.8 Å². The van der Waals surface area contributed by atoms with Crippen molar-refractivity contribution in [1.29, 1.82) is 0 Å². The second kappa shape index (κ2) is 10.8. The molecule has 0 heterocycles. The molecule has 3 aromatic carbocycles. The third-order valence-corrected chi connectivity index (χ3v) is 4.63. The smallest absolute Gasteiger partial charge is 0.345 e. The Kier molecular flexibility index (Phi) is 7.89. The fourth-order valence-corrected chi connectivity index (χ4v) is 2.94. The predicted molar refractivity (Wildman–Crippen MR) is 121 cm³/mol. The minimum absolute atomic E-state index is 0.193. The minimum Gasteiger partial charge on any atom is -0.484 e. The Hall–Kier alpha value is -3.06. The quantitative estimate of drug-likeness (QED) is 0.214. The molecule has 0 saturated carbocycles. The van der Waals surface area contributed by atoms with Crippen LogP contribution >= 0.6 is 34.8 Å².